The number of aromatic nitrogens is 1. The van der Waals surface area contributed by atoms with Gasteiger partial charge in [0.05, 0.1) is 6.61 Å². The predicted molar refractivity (Wildman–Crippen MR) is 39.8 cm³/mol. The molecule has 0 aliphatic heterocycles. The van der Waals surface area contributed by atoms with Crippen LogP contribution in [0, 0.1) is 11.3 Å². The molecular weight excluding hydrogens is 178 g/mol. The van der Waals surface area contributed by atoms with E-state index in [4.69, 9.17) is 10.4 Å². The van der Waals surface area contributed by atoms with E-state index in [1.807, 2.05) is 0 Å². The predicted octanol–water partition coefficient (Wildman–Crippen LogP) is 1.38. The molecule has 3 nitrogen and oxygen atoms in total. The molecule has 0 spiro atoms. The van der Waals surface area contributed by atoms with Crippen LogP contribution in [0.25, 0.3) is 0 Å². The second-order valence-electron chi connectivity index (χ2n) is 2.31. The van der Waals surface area contributed by atoms with Gasteiger partial charge in [0.1, 0.15) is 17.5 Å². The molecule has 0 saturated heterocycles. The Kier molecular flexibility index (Phi) is 2.88. The quantitative estimate of drug-likeness (QED) is 0.755. The van der Waals surface area contributed by atoms with Crippen LogP contribution < -0.4 is 0 Å². The van der Waals surface area contributed by atoms with Crippen LogP contribution in [0.4, 0.5) is 8.78 Å². The lowest BCUT2D eigenvalue weighted by molar-refractivity contribution is 0.146. The molecule has 5 heteroatoms. The molecule has 0 saturated carbocycles. The summed E-state index contributed by atoms with van der Waals surface area (Å²) in [6, 6.07) is 4.00. The number of hydrogen-bond acceptors (Lipinski definition) is 3. The molecule has 0 bridgehead atoms. The smallest absolute Gasteiger partial charge is 0.280 e. The Morgan fingerprint density at radius 1 is 1.54 bits per heavy atom. The van der Waals surface area contributed by atoms with Gasteiger partial charge in [-0.3, -0.25) is 0 Å². The highest BCUT2D eigenvalue weighted by atomic mass is 19.3. The molecule has 68 valence electrons. The summed E-state index contributed by atoms with van der Waals surface area (Å²) in [5.74, 6) is 0. The molecule has 0 aliphatic carbocycles. The Morgan fingerprint density at radius 3 is 2.69 bits per heavy atom. The Labute approximate surface area is 73.3 Å². The second-order valence-corrected chi connectivity index (χ2v) is 2.31. The van der Waals surface area contributed by atoms with E-state index in [0.717, 1.165) is 6.07 Å². The van der Waals surface area contributed by atoms with Crippen LogP contribution in [0.1, 0.15) is 23.4 Å². The third-order valence-electron chi connectivity index (χ3n) is 1.50. The molecule has 0 amide bonds. The average molecular weight is 184 g/mol. The van der Waals surface area contributed by atoms with Crippen molar-refractivity contribution in [2.75, 3.05) is 0 Å². The van der Waals surface area contributed by atoms with E-state index >= 15 is 0 Å². The zero-order valence-electron chi connectivity index (χ0n) is 6.54. The number of nitriles is 1. The van der Waals surface area contributed by atoms with Gasteiger partial charge in [0.15, 0.2) is 0 Å². The Hall–Kier alpha value is -1.54. The van der Waals surface area contributed by atoms with E-state index in [1.165, 1.54) is 6.07 Å². The molecule has 0 fully saturated rings. The molecule has 1 heterocycles. The molecule has 0 radical (unpaired) electrons. The van der Waals surface area contributed by atoms with E-state index in [2.05, 4.69) is 4.98 Å². The summed E-state index contributed by atoms with van der Waals surface area (Å²) in [5.41, 5.74) is -0.346. The number of aliphatic hydroxyl groups is 1. The van der Waals surface area contributed by atoms with Gasteiger partial charge in [-0.15, -0.1) is 0 Å². The molecule has 13 heavy (non-hydrogen) atoms. The monoisotopic (exact) mass is 184 g/mol. The maximum atomic E-state index is 12.1. The lowest BCUT2D eigenvalue weighted by Crippen LogP contribution is -1.98. The highest BCUT2D eigenvalue weighted by Crippen LogP contribution is 2.17. The van der Waals surface area contributed by atoms with Gasteiger partial charge in [-0.05, 0) is 6.07 Å². The number of aliphatic hydroxyl groups excluding tert-OH is 1. The number of pyridine rings is 1. The van der Waals surface area contributed by atoms with Crippen molar-refractivity contribution in [3.05, 3.63) is 29.1 Å². The zero-order chi connectivity index (χ0) is 9.84. The fraction of sp³-hybridized carbons (Fsp3) is 0.250. The van der Waals surface area contributed by atoms with Gasteiger partial charge in [-0.1, -0.05) is 6.07 Å². The van der Waals surface area contributed by atoms with E-state index < -0.39 is 12.1 Å². The molecule has 0 atom stereocenters. The van der Waals surface area contributed by atoms with E-state index in [9.17, 15) is 8.78 Å². The fourth-order valence-corrected chi connectivity index (χ4v) is 0.849. The largest absolute Gasteiger partial charge is 0.392 e. The van der Waals surface area contributed by atoms with Crippen LogP contribution in [-0.2, 0) is 6.61 Å². The maximum Gasteiger partial charge on any atom is 0.280 e. The number of hydrogen-bond donors (Lipinski definition) is 1. The molecule has 0 aromatic carbocycles. The van der Waals surface area contributed by atoms with Crippen molar-refractivity contribution in [1.82, 2.24) is 4.98 Å². The van der Waals surface area contributed by atoms with Crippen molar-refractivity contribution in [3.63, 3.8) is 0 Å². The SMILES string of the molecule is N#Cc1nc(C(F)F)ccc1CO. The van der Waals surface area contributed by atoms with Gasteiger partial charge in [0.2, 0.25) is 0 Å². The first-order valence-corrected chi connectivity index (χ1v) is 3.48. The molecule has 1 rings (SSSR count). The van der Waals surface area contributed by atoms with Gasteiger partial charge in [0.25, 0.3) is 6.43 Å². The van der Waals surface area contributed by atoms with E-state index in [-0.39, 0.29) is 17.9 Å². The van der Waals surface area contributed by atoms with Crippen molar-refractivity contribution in [1.29, 1.82) is 5.26 Å². The van der Waals surface area contributed by atoms with Crippen LogP contribution in [0.3, 0.4) is 0 Å². The molecule has 0 unspecified atom stereocenters. The van der Waals surface area contributed by atoms with Crippen LogP contribution in [-0.4, -0.2) is 10.1 Å². The minimum absolute atomic E-state index is 0.152. The standard InChI is InChI=1S/C8H6F2N2O/c9-8(10)6-2-1-5(4-13)7(3-11)12-6/h1-2,8,13H,4H2. The molecular formula is C8H6F2N2O. The van der Waals surface area contributed by atoms with Crippen LogP contribution in [0.15, 0.2) is 12.1 Å². The van der Waals surface area contributed by atoms with Gasteiger partial charge in [0, 0.05) is 5.56 Å². The van der Waals surface area contributed by atoms with Crippen molar-refractivity contribution >= 4 is 0 Å². The fourth-order valence-electron chi connectivity index (χ4n) is 0.849. The van der Waals surface area contributed by atoms with Crippen molar-refractivity contribution in [2.24, 2.45) is 0 Å². The van der Waals surface area contributed by atoms with Gasteiger partial charge < -0.3 is 5.11 Å². The Morgan fingerprint density at radius 2 is 2.23 bits per heavy atom. The molecule has 1 aromatic rings. The van der Waals surface area contributed by atoms with Gasteiger partial charge in [-0.25, -0.2) is 13.8 Å². The highest BCUT2D eigenvalue weighted by Gasteiger charge is 2.11. The molecule has 0 aliphatic rings. The summed E-state index contributed by atoms with van der Waals surface area (Å²) in [4.78, 5) is 3.39. The minimum Gasteiger partial charge on any atom is -0.392 e. The number of nitrogens with zero attached hydrogens (tertiary/aromatic N) is 2. The van der Waals surface area contributed by atoms with E-state index in [1.54, 1.807) is 6.07 Å². The van der Waals surface area contributed by atoms with Gasteiger partial charge in [-0.2, -0.15) is 5.26 Å². The third-order valence-corrected chi connectivity index (χ3v) is 1.50. The summed E-state index contributed by atoms with van der Waals surface area (Å²) < 4.78 is 24.2. The Balaban J connectivity index is 3.15. The lowest BCUT2D eigenvalue weighted by atomic mass is 10.2. The molecule has 1 aromatic heterocycles. The second kappa shape index (κ2) is 3.92. The van der Waals surface area contributed by atoms with Crippen molar-refractivity contribution in [3.8, 4) is 6.07 Å². The number of rotatable bonds is 2. The third kappa shape index (κ3) is 1.98. The normalized spacial score (nSPS) is 10.1. The first kappa shape index (κ1) is 9.55. The van der Waals surface area contributed by atoms with Gasteiger partial charge >= 0.3 is 0 Å². The first-order chi connectivity index (χ1) is 6.19. The first-order valence-electron chi connectivity index (χ1n) is 3.48. The summed E-state index contributed by atoms with van der Waals surface area (Å²) in [5, 5.41) is 17.2. The average Bonchev–Trinajstić information content (AvgIpc) is 2.16. The van der Waals surface area contributed by atoms with Crippen LogP contribution in [0.2, 0.25) is 0 Å². The summed E-state index contributed by atoms with van der Waals surface area (Å²) in [6.07, 6.45) is -2.69. The van der Waals surface area contributed by atoms with Crippen molar-refractivity contribution < 1.29 is 13.9 Å². The Bertz CT molecular complexity index is 346. The molecule has 1 N–H and O–H groups in total. The lowest BCUT2D eigenvalue weighted by Gasteiger charge is -2.02. The number of alkyl halides is 2. The van der Waals surface area contributed by atoms with E-state index in [0.29, 0.717) is 0 Å². The summed E-state index contributed by atoms with van der Waals surface area (Å²) >= 11 is 0. The summed E-state index contributed by atoms with van der Waals surface area (Å²) in [6.45, 7) is -0.376. The minimum atomic E-state index is -2.69. The maximum absolute atomic E-state index is 12.1. The summed E-state index contributed by atoms with van der Waals surface area (Å²) in [7, 11) is 0. The van der Waals surface area contributed by atoms with Crippen LogP contribution in [0.5, 0.6) is 0 Å². The number of halogens is 2. The van der Waals surface area contributed by atoms with Crippen LogP contribution >= 0.6 is 0 Å². The topological polar surface area (TPSA) is 56.9 Å². The highest BCUT2D eigenvalue weighted by molar-refractivity contribution is 5.32. The zero-order valence-corrected chi connectivity index (χ0v) is 6.54. The van der Waals surface area contributed by atoms with Crippen molar-refractivity contribution in [2.45, 2.75) is 13.0 Å².